The number of allylic oxidation sites excluding steroid dienone is 1. The lowest BCUT2D eigenvalue weighted by Crippen LogP contribution is -2.43. The monoisotopic (exact) mass is 486 g/mol. The average Bonchev–Trinajstić information content (AvgIpc) is 3.41. The first-order valence-corrected chi connectivity index (χ1v) is 12.9. The summed E-state index contributed by atoms with van der Waals surface area (Å²) in [4.78, 5) is 29.0. The number of rotatable bonds is 7. The van der Waals surface area contributed by atoms with E-state index in [0.29, 0.717) is 23.2 Å². The molecule has 4 heterocycles. The molecule has 3 aromatic rings. The molecule has 0 aromatic carbocycles. The van der Waals surface area contributed by atoms with Crippen LogP contribution < -0.4 is 5.32 Å². The van der Waals surface area contributed by atoms with Crippen LogP contribution in [0.3, 0.4) is 0 Å². The third-order valence-corrected chi connectivity index (χ3v) is 7.00. The number of anilines is 1. The lowest BCUT2D eigenvalue weighted by molar-refractivity contribution is 0.0150. The average molecular weight is 487 g/mol. The Kier molecular flexibility index (Phi) is 7.53. The zero-order valence-electron chi connectivity index (χ0n) is 21.1. The van der Waals surface area contributed by atoms with Gasteiger partial charge in [-0.1, -0.05) is 19.4 Å². The second kappa shape index (κ2) is 11.1. The van der Waals surface area contributed by atoms with Crippen molar-refractivity contribution in [3.05, 3.63) is 71.6 Å². The number of aromatic nitrogens is 4. The highest BCUT2D eigenvalue weighted by molar-refractivity contribution is 6.04. The Hall–Kier alpha value is -3.36. The maximum Gasteiger partial charge on any atom is 0.257 e. The number of pyridine rings is 1. The molecule has 0 radical (unpaired) electrons. The summed E-state index contributed by atoms with van der Waals surface area (Å²) in [5, 5.41) is 2.98. The number of carbonyl (C=O) groups is 1. The van der Waals surface area contributed by atoms with Gasteiger partial charge in [-0.15, -0.1) is 0 Å². The van der Waals surface area contributed by atoms with Crippen molar-refractivity contribution in [1.82, 2.24) is 24.4 Å². The molecule has 1 fully saturated rings. The van der Waals surface area contributed by atoms with Gasteiger partial charge in [0, 0.05) is 43.9 Å². The maximum atomic E-state index is 12.9. The van der Waals surface area contributed by atoms with E-state index < -0.39 is 0 Å². The van der Waals surface area contributed by atoms with Crippen molar-refractivity contribution in [1.29, 1.82) is 0 Å². The van der Waals surface area contributed by atoms with E-state index in [1.165, 1.54) is 5.57 Å². The van der Waals surface area contributed by atoms with Crippen LogP contribution >= 0.6 is 0 Å². The first kappa shape index (κ1) is 24.3. The predicted octanol–water partition coefficient (Wildman–Crippen LogP) is 4.44. The van der Waals surface area contributed by atoms with E-state index >= 15 is 0 Å². The molecule has 8 nitrogen and oxygen atoms in total. The van der Waals surface area contributed by atoms with Gasteiger partial charge >= 0.3 is 0 Å². The summed E-state index contributed by atoms with van der Waals surface area (Å²) in [5.74, 6) is 0.364. The van der Waals surface area contributed by atoms with Gasteiger partial charge in [0.1, 0.15) is 0 Å². The maximum absolute atomic E-state index is 12.9. The molecule has 5 rings (SSSR count). The first-order chi connectivity index (χ1) is 17.6. The number of amides is 1. The first-order valence-electron chi connectivity index (χ1n) is 12.9. The molecule has 1 N–H and O–H groups in total. The molecule has 0 spiro atoms. The Bertz CT molecular complexity index is 1230. The molecule has 36 heavy (non-hydrogen) atoms. The Balaban J connectivity index is 1.21. The number of ether oxygens (including phenoxy) is 1. The van der Waals surface area contributed by atoms with Crippen molar-refractivity contribution in [2.75, 3.05) is 31.6 Å². The molecule has 3 aromatic heterocycles. The van der Waals surface area contributed by atoms with Gasteiger partial charge < -0.3 is 10.1 Å². The zero-order valence-corrected chi connectivity index (χ0v) is 21.1. The number of carbonyl (C=O) groups excluding carboxylic acids is 1. The van der Waals surface area contributed by atoms with Crippen molar-refractivity contribution in [3.63, 3.8) is 0 Å². The van der Waals surface area contributed by atoms with Crippen LogP contribution in [-0.4, -0.2) is 62.7 Å². The predicted molar refractivity (Wildman–Crippen MR) is 140 cm³/mol. The number of hydrogen-bond acceptors (Lipinski definition) is 6. The van der Waals surface area contributed by atoms with Crippen molar-refractivity contribution in [3.8, 4) is 5.95 Å². The summed E-state index contributed by atoms with van der Waals surface area (Å²) in [6.07, 6.45) is 16.6. The fourth-order valence-corrected chi connectivity index (χ4v) is 5.05. The molecule has 1 aliphatic carbocycles. The summed E-state index contributed by atoms with van der Waals surface area (Å²) in [7, 11) is 0. The van der Waals surface area contributed by atoms with E-state index in [4.69, 9.17) is 9.72 Å². The van der Waals surface area contributed by atoms with Gasteiger partial charge in [0.2, 0.25) is 5.95 Å². The molecule has 188 valence electrons. The summed E-state index contributed by atoms with van der Waals surface area (Å²) in [6.45, 7) is 7.92. The minimum atomic E-state index is -0.185. The highest BCUT2D eigenvalue weighted by Crippen LogP contribution is 2.31. The largest absolute Gasteiger partial charge is 0.379 e. The highest BCUT2D eigenvalue weighted by atomic mass is 16.5. The van der Waals surface area contributed by atoms with Gasteiger partial charge in [-0.3, -0.25) is 19.2 Å². The summed E-state index contributed by atoms with van der Waals surface area (Å²) >= 11 is 0. The van der Waals surface area contributed by atoms with Gasteiger partial charge in [0.15, 0.2) is 0 Å². The molecule has 2 aliphatic rings. The van der Waals surface area contributed by atoms with E-state index in [2.05, 4.69) is 40.1 Å². The third kappa shape index (κ3) is 5.55. The Morgan fingerprint density at radius 1 is 1.17 bits per heavy atom. The molecular weight excluding hydrogens is 452 g/mol. The number of morpholine rings is 1. The van der Waals surface area contributed by atoms with E-state index in [1.54, 1.807) is 29.2 Å². The van der Waals surface area contributed by atoms with Gasteiger partial charge in [0.25, 0.3) is 5.91 Å². The van der Waals surface area contributed by atoms with Crippen LogP contribution in [0.4, 0.5) is 5.69 Å². The molecule has 1 aliphatic heterocycles. The second-order valence-corrected chi connectivity index (χ2v) is 9.60. The van der Waals surface area contributed by atoms with Crippen LogP contribution in [0.2, 0.25) is 0 Å². The Morgan fingerprint density at radius 2 is 1.97 bits per heavy atom. The fourth-order valence-electron chi connectivity index (χ4n) is 5.05. The number of nitrogens with one attached hydrogen (secondary N) is 1. The van der Waals surface area contributed by atoms with Crippen LogP contribution in [0.1, 0.15) is 59.8 Å². The highest BCUT2D eigenvalue weighted by Gasteiger charge is 2.24. The van der Waals surface area contributed by atoms with Crippen molar-refractivity contribution in [2.24, 2.45) is 0 Å². The van der Waals surface area contributed by atoms with Crippen molar-refractivity contribution >= 4 is 17.2 Å². The Labute approximate surface area is 212 Å². The van der Waals surface area contributed by atoms with Crippen LogP contribution in [0, 0.1) is 6.92 Å². The molecule has 1 unspecified atom stereocenters. The summed E-state index contributed by atoms with van der Waals surface area (Å²) in [5.41, 5.74) is 5.75. The van der Waals surface area contributed by atoms with E-state index in [0.717, 1.165) is 75.2 Å². The van der Waals surface area contributed by atoms with E-state index in [9.17, 15) is 4.79 Å². The van der Waals surface area contributed by atoms with Crippen LogP contribution in [0.15, 0.2) is 49.2 Å². The number of nitrogens with zero attached hydrogens (tertiary/aromatic N) is 5. The second-order valence-electron chi connectivity index (χ2n) is 9.60. The van der Waals surface area contributed by atoms with Gasteiger partial charge in [-0.2, -0.15) is 0 Å². The zero-order chi connectivity index (χ0) is 24.9. The van der Waals surface area contributed by atoms with Gasteiger partial charge in [-0.05, 0) is 61.4 Å². The molecule has 8 heteroatoms. The molecule has 1 atom stereocenters. The molecule has 0 saturated carbocycles. The Morgan fingerprint density at radius 3 is 2.67 bits per heavy atom. The van der Waals surface area contributed by atoms with E-state index in [-0.39, 0.29) is 5.91 Å². The van der Waals surface area contributed by atoms with Gasteiger partial charge in [-0.25, -0.2) is 9.97 Å². The fraction of sp³-hybridized carbons (Fsp3) is 0.429. The van der Waals surface area contributed by atoms with Crippen molar-refractivity contribution in [2.45, 2.75) is 52.0 Å². The van der Waals surface area contributed by atoms with Crippen LogP contribution in [0.25, 0.3) is 11.5 Å². The topological polar surface area (TPSA) is 85.2 Å². The minimum absolute atomic E-state index is 0.185. The van der Waals surface area contributed by atoms with Crippen LogP contribution in [0.5, 0.6) is 0 Å². The SMILES string of the molecule is CCCc1cnc(-n2ccc(C(=O)Nc3cnc(C4=CCC(N5CCOCC5)CC4)c(C)c3)c2)nc1. The standard InChI is InChI=1S/C28H34N6O2/c1-3-4-21-16-30-28(31-17-21)34-10-9-23(19-34)27(35)32-24-15-20(2)26(29-18-24)22-5-7-25(8-6-22)33-11-13-36-14-12-33/h5,9-10,15-19,25H,3-4,6-8,11-14H2,1-2H3,(H,32,35). The minimum Gasteiger partial charge on any atom is -0.379 e. The quantitative estimate of drug-likeness (QED) is 0.531. The summed E-state index contributed by atoms with van der Waals surface area (Å²) in [6, 6.07) is 4.37. The molecule has 1 saturated heterocycles. The van der Waals surface area contributed by atoms with Gasteiger partial charge in [0.05, 0.1) is 36.4 Å². The normalized spacial score (nSPS) is 18.6. The molecule has 1 amide bonds. The number of aryl methyl sites for hydroxylation is 2. The molecule has 0 bridgehead atoms. The summed E-state index contributed by atoms with van der Waals surface area (Å²) < 4.78 is 7.25. The van der Waals surface area contributed by atoms with E-state index in [1.807, 2.05) is 18.5 Å². The lowest BCUT2D eigenvalue weighted by Gasteiger charge is -2.36. The smallest absolute Gasteiger partial charge is 0.257 e. The molecular formula is C28H34N6O2. The third-order valence-electron chi connectivity index (χ3n) is 7.00. The lowest BCUT2D eigenvalue weighted by atomic mass is 9.90. The van der Waals surface area contributed by atoms with Crippen molar-refractivity contribution < 1.29 is 9.53 Å². The van der Waals surface area contributed by atoms with Crippen LogP contribution in [-0.2, 0) is 11.2 Å². The number of hydrogen-bond donors (Lipinski definition) is 1.